The predicted octanol–water partition coefficient (Wildman–Crippen LogP) is 3.84. The number of Topliss-reactive ketones (excluding diaryl/α,β-unsaturated/α-hetero) is 1. The number of amides is 1. The molecule has 1 aromatic carbocycles. The smallest absolute Gasteiger partial charge is 0.354 e. The molecule has 0 radical (unpaired) electrons. The van der Waals surface area contributed by atoms with Crippen LogP contribution in [0.1, 0.15) is 53.8 Å². The highest BCUT2D eigenvalue weighted by atomic mass is 16.5. The minimum atomic E-state index is -0.544. The first-order valence-corrected chi connectivity index (χ1v) is 9.50. The summed E-state index contributed by atoms with van der Waals surface area (Å²) in [6.45, 7) is 5.33. The molecule has 0 aliphatic carbocycles. The molecule has 0 aliphatic rings. The van der Waals surface area contributed by atoms with E-state index in [-0.39, 0.29) is 30.5 Å². The summed E-state index contributed by atoms with van der Waals surface area (Å²) in [5.74, 6) is -0.527. The van der Waals surface area contributed by atoms with Crippen LogP contribution in [-0.4, -0.2) is 41.2 Å². The molecule has 0 unspecified atom stereocenters. The molecule has 2 heterocycles. The molecule has 7 heteroatoms. The minimum Gasteiger partial charge on any atom is -0.467 e. The molecule has 156 valence electrons. The van der Waals surface area contributed by atoms with Crippen molar-refractivity contribution in [1.82, 2.24) is 9.88 Å². The fourth-order valence-electron chi connectivity index (χ4n) is 3.40. The molecule has 0 spiro atoms. The van der Waals surface area contributed by atoms with Crippen LogP contribution in [0.4, 0.5) is 0 Å². The van der Waals surface area contributed by atoms with Gasteiger partial charge in [0.1, 0.15) is 11.5 Å². The van der Waals surface area contributed by atoms with Crippen molar-refractivity contribution in [1.29, 1.82) is 0 Å². The molecule has 0 bridgehead atoms. The largest absolute Gasteiger partial charge is 0.467 e. The van der Waals surface area contributed by atoms with Crippen LogP contribution in [0.2, 0.25) is 0 Å². The molecule has 1 amide bonds. The number of ether oxygens (including phenoxy) is 1. The molecular weight excluding hydrogens is 384 g/mol. The Morgan fingerprint density at radius 1 is 1.07 bits per heavy atom. The number of H-pyrrole nitrogens is 1. The lowest BCUT2D eigenvalue weighted by Gasteiger charge is -2.21. The summed E-state index contributed by atoms with van der Waals surface area (Å²) >= 11 is 0. The number of aryl methyl sites for hydroxylation is 2. The normalized spacial score (nSPS) is 10.7. The molecule has 0 fully saturated rings. The molecule has 0 saturated heterocycles. The summed E-state index contributed by atoms with van der Waals surface area (Å²) in [5, 5.41) is 0. The summed E-state index contributed by atoms with van der Waals surface area (Å²) in [7, 11) is 1.28. The van der Waals surface area contributed by atoms with Gasteiger partial charge in [0.25, 0.3) is 5.91 Å². The number of esters is 1. The van der Waals surface area contributed by atoms with Gasteiger partial charge in [0, 0.05) is 16.8 Å². The van der Waals surface area contributed by atoms with Crippen LogP contribution < -0.4 is 0 Å². The van der Waals surface area contributed by atoms with E-state index in [9.17, 15) is 14.4 Å². The molecule has 0 saturated carbocycles. The molecule has 1 N–H and O–H groups in total. The second kappa shape index (κ2) is 8.82. The Morgan fingerprint density at radius 3 is 2.37 bits per heavy atom. The van der Waals surface area contributed by atoms with Crippen LogP contribution in [-0.2, 0) is 11.3 Å². The number of carbonyl (C=O) groups is 3. The van der Waals surface area contributed by atoms with Gasteiger partial charge in [0.15, 0.2) is 5.78 Å². The summed E-state index contributed by atoms with van der Waals surface area (Å²) in [6.07, 6.45) is 1.52. The van der Waals surface area contributed by atoms with Gasteiger partial charge in [-0.2, -0.15) is 0 Å². The molecule has 3 aromatic rings. The van der Waals surface area contributed by atoms with Gasteiger partial charge in [-0.25, -0.2) is 4.79 Å². The molecule has 7 nitrogen and oxygen atoms in total. The average Bonchev–Trinajstić information content (AvgIpc) is 3.34. The number of aromatic amines is 1. The first-order valence-electron chi connectivity index (χ1n) is 9.50. The lowest BCUT2D eigenvalue weighted by atomic mass is 10.0. The van der Waals surface area contributed by atoms with E-state index in [0.717, 1.165) is 5.56 Å². The van der Waals surface area contributed by atoms with Gasteiger partial charge in [-0.05, 0) is 50.6 Å². The molecule has 3 rings (SSSR count). The van der Waals surface area contributed by atoms with Crippen molar-refractivity contribution in [3.63, 3.8) is 0 Å². The number of methoxy groups -OCH3 is 1. The lowest BCUT2D eigenvalue weighted by molar-refractivity contribution is 0.0593. The molecule has 30 heavy (non-hydrogen) atoms. The Morgan fingerprint density at radius 2 is 1.77 bits per heavy atom. The van der Waals surface area contributed by atoms with E-state index in [1.54, 1.807) is 38.1 Å². The number of rotatable bonds is 7. The highest BCUT2D eigenvalue weighted by Gasteiger charge is 2.26. The summed E-state index contributed by atoms with van der Waals surface area (Å²) < 4.78 is 10.1. The summed E-state index contributed by atoms with van der Waals surface area (Å²) in [4.78, 5) is 42.6. The fourth-order valence-corrected chi connectivity index (χ4v) is 3.40. The third-order valence-corrected chi connectivity index (χ3v) is 4.95. The van der Waals surface area contributed by atoms with Crippen LogP contribution in [0.5, 0.6) is 0 Å². The fraction of sp³-hybridized carbons (Fsp3) is 0.261. The number of nitrogens with one attached hydrogen (secondary N) is 1. The van der Waals surface area contributed by atoms with Crippen molar-refractivity contribution in [2.24, 2.45) is 0 Å². The summed E-state index contributed by atoms with van der Waals surface area (Å²) in [5.41, 5.74) is 3.20. The number of aromatic nitrogens is 1. The number of nitrogens with zero attached hydrogens (tertiary/aromatic N) is 1. The molecule has 2 aromatic heterocycles. The van der Waals surface area contributed by atoms with E-state index in [1.807, 2.05) is 19.1 Å². The van der Waals surface area contributed by atoms with Crippen LogP contribution in [0, 0.1) is 20.8 Å². The minimum absolute atomic E-state index is 0.151. The van der Waals surface area contributed by atoms with E-state index in [4.69, 9.17) is 9.15 Å². The van der Waals surface area contributed by atoms with Gasteiger partial charge in [0.05, 0.1) is 26.5 Å². The lowest BCUT2D eigenvalue weighted by Crippen LogP contribution is -2.35. The topological polar surface area (TPSA) is 92.6 Å². The zero-order valence-corrected chi connectivity index (χ0v) is 17.4. The SMILES string of the molecule is COC(=O)c1[nH]c(C)c(C(=O)CN(Cc2ccco2)C(=O)c2ccc(C)cc2)c1C. The van der Waals surface area contributed by atoms with Crippen molar-refractivity contribution in [3.05, 3.63) is 82.1 Å². The first kappa shape index (κ1) is 21.1. The third kappa shape index (κ3) is 4.35. The molecular formula is C23H24N2O5. The summed E-state index contributed by atoms with van der Waals surface area (Å²) in [6, 6.07) is 10.7. The van der Waals surface area contributed by atoms with E-state index >= 15 is 0 Å². The second-order valence-electron chi connectivity index (χ2n) is 7.15. The number of hydrogen-bond donors (Lipinski definition) is 1. The van der Waals surface area contributed by atoms with Crippen LogP contribution in [0.25, 0.3) is 0 Å². The van der Waals surface area contributed by atoms with Crippen LogP contribution >= 0.6 is 0 Å². The van der Waals surface area contributed by atoms with Gasteiger partial charge in [-0.1, -0.05) is 17.7 Å². The Kier molecular flexibility index (Phi) is 6.20. The Balaban J connectivity index is 1.90. The van der Waals surface area contributed by atoms with Crippen molar-refractivity contribution >= 4 is 17.7 Å². The average molecular weight is 408 g/mol. The third-order valence-electron chi connectivity index (χ3n) is 4.95. The van der Waals surface area contributed by atoms with Crippen molar-refractivity contribution in [3.8, 4) is 0 Å². The van der Waals surface area contributed by atoms with Gasteiger partial charge in [0.2, 0.25) is 0 Å². The van der Waals surface area contributed by atoms with E-state index < -0.39 is 5.97 Å². The number of carbonyl (C=O) groups excluding carboxylic acids is 3. The van der Waals surface area contributed by atoms with E-state index in [0.29, 0.717) is 28.1 Å². The quantitative estimate of drug-likeness (QED) is 0.474. The highest BCUT2D eigenvalue weighted by Crippen LogP contribution is 2.21. The maximum Gasteiger partial charge on any atom is 0.354 e. The van der Waals surface area contributed by atoms with Crippen molar-refractivity contribution in [2.75, 3.05) is 13.7 Å². The Labute approximate surface area is 174 Å². The first-order chi connectivity index (χ1) is 14.3. The Hall–Kier alpha value is -3.61. The van der Waals surface area contributed by atoms with E-state index in [1.165, 1.54) is 18.3 Å². The number of benzene rings is 1. The van der Waals surface area contributed by atoms with E-state index in [2.05, 4.69) is 4.98 Å². The predicted molar refractivity (Wildman–Crippen MR) is 111 cm³/mol. The van der Waals surface area contributed by atoms with Gasteiger partial charge in [-0.3, -0.25) is 9.59 Å². The number of hydrogen-bond acceptors (Lipinski definition) is 5. The highest BCUT2D eigenvalue weighted by molar-refractivity contribution is 6.05. The maximum absolute atomic E-state index is 13.1. The van der Waals surface area contributed by atoms with Gasteiger partial charge >= 0.3 is 5.97 Å². The van der Waals surface area contributed by atoms with Gasteiger partial charge < -0.3 is 19.0 Å². The monoisotopic (exact) mass is 408 g/mol. The molecule has 0 aliphatic heterocycles. The number of ketones is 1. The zero-order chi connectivity index (χ0) is 21.8. The van der Waals surface area contributed by atoms with Crippen molar-refractivity contribution < 1.29 is 23.5 Å². The molecule has 0 atom stereocenters. The standard InChI is InChI=1S/C23H24N2O5/c1-14-7-9-17(10-8-14)22(27)25(12-18-6-5-11-30-18)13-19(26)20-15(2)21(23(28)29-4)24-16(20)3/h5-11,24H,12-13H2,1-4H3. The number of furan rings is 1. The zero-order valence-electron chi connectivity index (χ0n) is 17.4. The van der Waals surface area contributed by atoms with Crippen molar-refractivity contribution in [2.45, 2.75) is 27.3 Å². The van der Waals surface area contributed by atoms with Crippen LogP contribution in [0.15, 0.2) is 47.1 Å². The maximum atomic E-state index is 13.1. The van der Waals surface area contributed by atoms with Gasteiger partial charge in [-0.15, -0.1) is 0 Å². The second-order valence-corrected chi connectivity index (χ2v) is 7.15. The Bertz CT molecular complexity index is 1060. The van der Waals surface area contributed by atoms with Crippen LogP contribution in [0.3, 0.4) is 0 Å².